The van der Waals surface area contributed by atoms with Crippen molar-refractivity contribution in [3.05, 3.63) is 92.8 Å². The van der Waals surface area contributed by atoms with E-state index in [1.54, 1.807) is 24.0 Å². The summed E-state index contributed by atoms with van der Waals surface area (Å²) in [6.07, 6.45) is 3.99. The molecule has 8 heteroatoms. The van der Waals surface area contributed by atoms with Gasteiger partial charge in [0.1, 0.15) is 11.4 Å². The van der Waals surface area contributed by atoms with Crippen LogP contribution >= 0.6 is 0 Å². The second kappa shape index (κ2) is 8.96. The number of nitro groups is 1. The van der Waals surface area contributed by atoms with Crippen LogP contribution in [0, 0.1) is 17.0 Å². The maximum Gasteiger partial charge on any atom is 0.283 e. The summed E-state index contributed by atoms with van der Waals surface area (Å²) >= 11 is 0. The van der Waals surface area contributed by atoms with E-state index in [1.807, 2.05) is 30.3 Å². The monoisotopic (exact) mass is 471 g/mol. The Balaban J connectivity index is 1.49. The molecule has 1 fully saturated rings. The minimum atomic E-state index is -0.491. The minimum Gasteiger partial charge on any atom is -0.506 e. The van der Waals surface area contributed by atoms with Crippen molar-refractivity contribution in [1.29, 1.82) is 0 Å². The van der Waals surface area contributed by atoms with Gasteiger partial charge in [0.15, 0.2) is 0 Å². The number of hydrogen-bond acceptors (Lipinski definition) is 6. The molecule has 1 amide bonds. The first-order valence-electron chi connectivity index (χ1n) is 11.5. The SMILES string of the molecule is Cc1nc(C(=O)N2CC=C(c3ccc(-c4ccccc4C4CC4)c([N+](=O)[O-])c3CO)C2)ccc1O. The third kappa shape index (κ3) is 4.17. The molecule has 35 heavy (non-hydrogen) atoms. The van der Waals surface area contributed by atoms with Gasteiger partial charge in [-0.25, -0.2) is 4.98 Å². The summed E-state index contributed by atoms with van der Waals surface area (Å²) in [5, 5.41) is 32.2. The number of aromatic hydroxyl groups is 1. The largest absolute Gasteiger partial charge is 0.506 e. The lowest BCUT2D eigenvalue weighted by atomic mass is 9.90. The third-order valence-corrected chi connectivity index (χ3v) is 6.72. The zero-order valence-corrected chi connectivity index (χ0v) is 19.3. The van der Waals surface area contributed by atoms with E-state index in [0.29, 0.717) is 29.3 Å². The summed E-state index contributed by atoms with van der Waals surface area (Å²) < 4.78 is 0. The highest BCUT2D eigenvalue weighted by atomic mass is 16.6. The summed E-state index contributed by atoms with van der Waals surface area (Å²) in [4.78, 5) is 30.5. The average molecular weight is 472 g/mol. The van der Waals surface area contributed by atoms with Crippen LogP contribution in [0.4, 0.5) is 5.69 Å². The lowest BCUT2D eigenvalue weighted by molar-refractivity contribution is -0.385. The summed E-state index contributed by atoms with van der Waals surface area (Å²) in [6.45, 7) is 1.69. The van der Waals surface area contributed by atoms with Gasteiger partial charge in [0.05, 0.1) is 28.4 Å². The van der Waals surface area contributed by atoms with Crippen molar-refractivity contribution in [3.63, 3.8) is 0 Å². The van der Waals surface area contributed by atoms with Gasteiger partial charge >= 0.3 is 0 Å². The number of benzene rings is 2. The Morgan fingerprint density at radius 1 is 1.11 bits per heavy atom. The number of carbonyl (C=O) groups excluding carboxylic acids is 1. The molecule has 8 nitrogen and oxygen atoms in total. The summed E-state index contributed by atoms with van der Waals surface area (Å²) in [7, 11) is 0. The van der Waals surface area contributed by atoms with Crippen molar-refractivity contribution >= 4 is 17.2 Å². The maximum absolute atomic E-state index is 13.0. The Kier molecular flexibility index (Phi) is 5.82. The molecule has 2 aromatic carbocycles. The Bertz CT molecular complexity index is 1380. The number of aliphatic hydroxyl groups excluding tert-OH is 1. The van der Waals surface area contributed by atoms with Crippen molar-refractivity contribution in [2.45, 2.75) is 32.3 Å². The number of nitrogens with zero attached hydrogens (tertiary/aromatic N) is 3. The molecule has 3 aromatic rings. The van der Waals surface area contributed by atoms with Gasteiger partial charge in [0.25, 0.3) is 11.6 Å². The lowest BCUT2D eigenvalue weighted by Gasteiger charge is -2.18. The molecule has 0 atom stereocenters. The van der Waals surface area contributed by atoms with Crippen molar-refractivity contribution < 1.29 is 19.9 Å². The predicted molar refractivity (Wildman–Crippen MR) is 131 cm³/mol. The molecular formula is C27H25N3O5. The van der Waals surface area contributed by atoms with Gasteiger partial charge in [0, 0.05) is 13.1 Å². The smallest absolute Gasteiger partial charge is 0.283 e. The number of nitro benzene ring substituents is 1. The van der Waals surface area contributed by atoms with Crippen LogP contribution in [-0.2, 0) is 6.61 Å². The van der Waals surface area contributed by atoms with E-state index in [0.717, 1.165) is 29.5 Å². The number of aromatic nitrogens is 1. The van der Waals surface area contributed by atoms with Crippen molar-refractivity contribution in [3.8, 4) is 16.9 Å². The predicted octanol–water partition coefficient (Wildman–Crippen LogP) is 4.58. The van der Waals surface area contributed by atoms with Crippen LogP contribution in [0.3, 0.4) is 0 Å². The normalized spacial score (nSPS) is 15.3. The van der Waals surface area contributed by atoms with Crippen LogP contribution in [0.15, 0.2) is 54.6 Å². The fourth-order valence-electron chi connectivity index (χ4n) is 4.76. The van der Waals surface area contributed by atoms with Gasteiger partial charge in [0.2, 0.25) is 0 Å². The van der Waals surface area contributed by atoms with Gasteiger partial charge in [-0.3, -0.25) is 14.9 Å². The number of carbonyl (C=O) groups is 1. The Hall–Kier alpha value is -4.04. The van der Waals surface area contributed by atoms with Gasteiger partial charge in [-0.1, -0.05) is 36.4 Å². The summed E-state index contributed by atoms with van der Waals surface area (Å²) in [5.41, 5.74) is 4.46. The van der Waals surface area contributed by atoms with E-state index in [2.05, 4.69) is 4.98 Å². The molecule has 1 aliphatic heterocycles. The number of pyridine rings is 1. The highest BCUT2D eigenvalue weighted by Gasteiger charge is 2.32. The first-order chi connectivity index (χ1) is 16.9. The molecule has 178 valence electrons. The van der Waals surface area contributed by atoms with Crippen LogP contribution in [0.25, 0.3) is 16.7 Å². The van der Waals surface area contributed by atoms with Gasteiger partial charge in [-0.2, -0.15) is 0 Å². The molecule has 0 saturated heterocycles. The van der Waals surface area contributed by atoms with Crippen LogP contribution < -0.4 is 0 Å². The molecule has 5 rings (SSSR count). The zero-order valence-electron chi connectivity index (χ0n) is 19.3. The van der Waals surface area contributed by atoms with Crippen LogP contribution in [0.1, 0.15) is 51.6 Å². The fourth-order valence-corrected chi connectivity index (χ4v) is 4.76. The number of rotatable bonds is 6. The number of aliphatic hydroxyl groups is 1. The Morgan fingerprint density at radius 3 is 2.54 bits per heavy atom. The first-order valence-corrected chi connectivity index (χ1v) is 11.5. The molecule has 0 spiro atoms. The summed E-state index contributed by atoms with van der Waals surface area (Å²) in [5.74, 6) is 0.136. The Morgan fingerprint density at radius 2 is 1.86 bits per heavy atom. The average Bonchev–Trinajstić information content (AvgIpc) is 3.60. The van der Waals surface area contributed by atoms with E-state index in [-0.39, 0.29) is 35.1 Å². The second-order valence-electron chi connectivity index (χ2n) is 8.98. The molecule has 1 aliphatic carbocycles. The van der Waals surface area contributed by atoms with E-state index >= 15 is 0 Å². The van der Waals surface area contributed by atoms with Gasteiger partial charge < -0.3 is 15.1 Å². The highest BCUT2D eigenvalue weighted by Crippen LogP contribution is 2.47. The molecule has 0 radical (unpaired) electrons. The van der Waals surface area contributed by atoms with Gasteiger partial charge in [-0.05, 0) is 66.1 Å². The van der Waals surface area contributed by atoms with Crippen LogP contribution in [0.5, 0.6) is 5.75 Å². The molecule has 2 heterocycles. The quantitative estimate of drug-likeness (QED) is 0.401. The zero-order chi connectivity index (χ0) is 24.7. The lowest BCUT2D eigenvalue weighted by Crippen LogP contribution is -2.29. The first kappa shape index (κ1) is 22.7. The van der Waals surface area contributed by atoms with Crippen molar-refractivity contribution in [1.82, 2.24) is 9.88 Å². The third-order valence-electron chi connectivity index (χ3n) is 6.72. The topological polar surface area (TPSA) is 117 Å². The van der Waals surface area contributed by atoms with Crippen molar-refractivity contribution in [2.24, 2.45) is 0 Å². The minimum absolute atomic E-state index is 0.0185. The molecule has 1 aromatic heterocycles. The maximum atomic E-state index is 13.0. The Labute approximate surface area is 202 Å². The highest BCUT2D eigenvalue weighted by molar-refractivity contribution is 5.95. The standard InChI is InChI=1S/C27H25N3O5/c1-16-25(32)11-10-24(28-16)27(33)29-13-12-18(14-29)20-8-9-22(26(30(34)35)23(20)15-31)21-5-3-2-4-19(21)17-6-7-17/h2-5,8-12,17,31-32H,6-7,13-15H2,1H3. The van der Waals surface area contributed by atoms with E-state index in [9.17, 15) is 25.1 Å². The fraction of sp³-hybridized carbons (Fsp3) is 0.259. The van der Waals surface area contributed by atoms with Crippen LogP contribution in [0.2, 0.25) is 0 Å². The molecule has 2 N–H and O–H groups in total. The molecule has 0 bridgehead atoms. The molecular weight excluding hydrogens is 446 g/mol. The number of hydrogen-bond donors (Lipinski definition) is 2. The van der Waals surface area contributed by atoms with E-state index in [1.165, 1.54) is 12.1 Å². The number of amides is 1. The summed E-state index contributed by atoms with van der Waals surface area (Å²) in [6, 6.07) is 14.2. The second-order valence-corrected chi connectivity index (χ2v) is 8.98. The number of aryl methyl sites for hydroxylation is 1. The van der Waals surface area contributed by atoms with Crippen LogP contribution in [-0.4, -0.2) is 44.0 Å². The van der Waals surface area contributed by atoms with E-state index < -0.39 is 11.5 Å². The van der Waals surface area contributed by atoms with Crippen molar-refractivity contribution in [2.75, 3.05) is 13.1 Å². The van der Waals surface area contributed by atoms with E-state index in [4.69, 9.17) is 0 Å². The van der Waals surface area contributed by atoms with Gasteiger partial charge in [-0.15, -0.1) is 0 Å². The molecule has 2 aliphatic rings. The molecule has 0 unspecified atom stereocenters. The molecule has 1 saturated carbocycles.